The van der Waals surface area contributed by atoms with Crippen molar-refractivity contribution in [3.05, 3.63) is 33.8 Å². The Kier molecular flexibility index (Phi) is 6.68. The smallest absolute Gasteiger partial charge is 0.252 e. The van der Waals surface area contributed by atoms with Gasteiger partial charge in [-0.2, -0.15) is 0 Å². The molecule has 3 N–H and O–H groups in total. The number of nitrogens with two attached hydrogens (primary N) is 1. The zero-order chi connectivity index (χ0) is 10.6. The van der Waals surface area contributed by atoms with Crippen LogP contribution in [0.4, 0.5) is 0 Å². The SMILES string of the molecule is Cl.NCCNC(=O)c1ccc(Cl)cc1Cl. The number of carbonyl (C=O) groups is 1. The normalized spacial score (nSPS) is 9.27. The third-order valence-corrected chi connectivity index (χ3v) is 2.15. The van der Waals surface area contributed by atoms with Crippen LogP contribution in [0.3, 0.4) is 0 Å². The van der Waals surface area contributed by atoms with Crippen molar-refractivity contribution in [2.75, 3.05) is 13.1 Å². The van der Waals surface area contributed by atoms with Crippen molar-refractivity contribution >= 4 is 41.5 Å². The summed E-state index contributed by atoms with van der Waals surface area (Å²) in [6.07, 6.45) is 0. The highest BCUT2D eigenvalue weighted by atomic mass is 35.5. The number of rotatable bonds is 3. The fourth-order valence-electron chi connectivity index (χ4n) is 0.955. The van der Waals surface area contributed by atoms with Crippen LogP contribution in [0.25, 0.3) is 0 Å². The molecule has 3 nitrogen and oxygen atoms in total. The second-order valence-corrected chi connectivity index (χ2v) is 3.51. The van der Waals surface area contributed by atoms with Gasteiger partial charge in [-0.1, -0.05) is 23.2 Å². The summed E-state index contributed by atoms with van der Waals surface area (Å²) in [7, 11) is 0. The molecule has 0 bridgehead atoms. The average molecular weight is 270 g/mol. The molecule has 1 aromatic rings. The highest BCUT2D eigenvalue weighted by Crippen LogP contribution is 2.20. The monoisotopic (exact) mass is 268 g/mol. The van der Waals surface area contributed by atoms with Gasteiger partial charge < -0.3 is 11.1 Å². The molecule has 0 fully saturated rings. The molecule has 0 saturated heterocycles. The third-order valence-electron chi connectivity index (χ3n) is 1.61. The minimum absolute atomic E-state index is 0. The van der Waals surface area contributed by atoms with E-state index >= 15 is 0 Å². The van der Waals surface area contributed by atoms with Crippen molar-refractivity contribution in [3.8, 4) is 0 Å². The molecule has 15 heavy (non-hydrogen) atoms. The maximum atomic E-state index is 11.4. The van der Waals surface area contributed by atoms with Crippen LogP contribution in [0.2, 0.25) is 10.0 Å². The summed E-state index contributed by atoms with van der Waals surface area (Å²) in [6.45, 7) is 0.828. The lowest BCUT2D eigenvalue weighted by atomic mass is 10.2. The quantitative estimate of drug-likeness (QED) is 0.883. The van der Waals surface area contributed by atoms with Gasteiger partial charge >= 0.3 is 0 Å². The van der Waals surface area contributed by atoms with Crippen LogP contribution < -0.4 is 11.1 Å². The fourth-order valence-corrected chi connectivity index (χ4v) is 1.45. The molecule has 0 heterocycles. The van der Waals surface area contributed by atoms with Gasteiger partial charge in [-0.05, 0) is 18.2 Å². The van der Waals surface area contributed by atoms with Gasteiger partial charge in [-0.25, -0.2) is 0 Å². The number of hydrogen-bond donors (Lipinski definition) is 2. The molecule has 0 aliphatic heterocycles. The highest BCUT2D eigenvalue weighted by molar-refractivity contribution is 6.36. The van der Waals surface area contributed by atoms with E-state index in [4.69, 9.17) is 28.9 Å². The first kappa shape index (κ1) is 14.5. The summed E-state index contributed by atoms with van der Waals surface area (Å²) >= 11 is 11.5. The largest absolute Gasteiger partial charge is 0.351 e. The molecule has 0 saturated carbocycles. The summed E-state index contributed by atoms with van der Waals surface area (Å²) in [5.41, 5.74) is 5.66. The molecule has 0 unspecified atom stereocenters. The minimum atomic E-state index is -0.239. The minimum Gasteiger partial charge on any atom is -0.351 e. The Bertz CT molecular complexity index is 344. The Balaban J connectivity index is 0.00000196. The average Bonchev–Trinajstić information content (AvgIpc) is 2.14. The first-order valence-electron chi connectivity index (χ1n) is 4.08. The Morgan fingerprint density at radius 3 is 2.60 bits per heavy atom. The Labute approximate surface area is 104 Å². The summed E-state index contributed by atoms with van der Waals surface area (Å²) < 4.78 is 0. The Hall–Kier alpha value is -0.480. The van der Waals surface area contributed by atoms with E-state index in [2.05, 4.69) is 5.32 Å². The van der Waals surface area contributed by atoms with Gasteiger partial charge in [0.1, 0.15) is 0 Å². The van der Waals surface area contributed by atoms with Crippen LogP contribution in [0.5, 0.6) is 0 Å². The van der Waals surface area contributed by atoms with Crippen LogP contribution in [-0.4, -0.2) is 19.0 Å². The number of halogens is 3. The molecule has 1 rings (SSSR count). The molecular weight excluding hydrogens is 258 g/mol. The predicted octanol–water partition coefficient (Wildman–Crippen LogP) is 2.10. The molecule has 0 aromatic heterocycles. The molecule has 1 amide bonds. The van der Waals surface area contributed by atoms with Gasteiger partial charge in [0.05, 0.1) is 10.6 Å². The molecular formula is C9H11Cl3N2O. The lowest BCUT2D eigenvalue weighted by Crippen LogP contribution is -2.29. The first-order valence-corrected chi connectivity index (χ1v) is 4.84. The first-order chi connectivity index (χ1) is 6.65. The number of amides is 1. The lowest BCUT2D eigenvalue weighted by molar-refractivity contribution is 0.0955. The maximum Gasteiger partial charge on any atom is 0.252 e. The van der Waals surface area contributed by atoms with Crippen molar-refractivity contribution < 1.29 is 4.79 Å². The van der Waals surface area contributed by atoms with E-state index in [1.807, 2.05) is 0 Å². The second kappa shape index (κ2) is 6.90. The Morgan fingerprint density at radius 2 is 2.07 bits per heavy atom. The van der Waals surface area contributed by atoms with Crippen LogP contribution >= 0.6 is 35.6 Å². The van der Waals surface area contributed by atoms with Crippen molar-refractivity contribution in [2.24, 2.45) is 5.73 Å². The molecule has 84 valence electrons. The van der Waals surface area contributed by atoms with Crippen LogP contribution in [0, 0.1) is 0 Å². The molecule has 0 spiro atoms. The highest BCUT2D eigenvalue weighted by Gasteiger charge is 2.09. The van der Waals surface area contributed by atoms with E-state index in [0.29, 0.717) is 28.7 Å². The predicted molar refractivity (Wildman–Crippen MR) is 65.1 cm³/mol. The molecule has 0 aliphatic carbocycles. The molecule has 0 radical (unpaired) electrons. The van der Waals surface area contributed by atoms with E-state index < -0.39 is 0 Å². The van der Waals surface area contributed by atoms with Gasteiger partial charge in [0, 0.05) is 18.1 Å². The van der Waals surface area contributed by atoms with E-state index in [-0.39, 0.29) is 18.3 Å². The van der Waals surface area contributed by atoms with E-state index in [1.165, 1.54) is 6.07 Å². The van der Waals surface area contributed by atoms with Gasteiger partial charge in [-0.15, -0.1) is 12.4 Å². The van der Waals surface area contributed by atoms with E-state index in [9.17, 15) is 4.79 Å². The summed E-state index contributed by atoms with van der Waals surface area (Å²) in [5, 5.41) is 3.46. The summed E-state index contributed by atoms with van der Waals surface area (Å²) in [4.78, 5) is 11.4. The number of benzene rings is 1. The van der Waals surface area contributed by atoms with Crippen molar-refractivity contribution in [3.63, 3.8) is 0 Å². The topological polar surface area (TPSA) is 55.1 Å². The molecule has 1 aromatic carbocycles. The zero-order valence-electron chi connectivity index (χ0n) is 7.80. The van der Waals surface area contributed by atoms with E-state index in [0.717, 1.165) is 0 Å². The van der Waals surface area contributed by atoms with Crippen LogP contribution in [0.1, 0.15) is 10.4 Å². The molecule has 0 aliphatic rings. The van der Waals surface area contributed by atoms with Crippen LogP contribution in [-0.2, 0) is 0 Å². The second-order valence-electron chi connectivity index (χ2n) is 2.67. The van der Waals surface area contributed by atoms with E-state index in [1.54, 1.807) is 12.1 Å². The zero-order valence-corrected chi connectivity index (χ0v) is 10.1. The van der Waals surface area contributed by atoms with Gasteiger partial charge in [0.25, 0.3) is 5.91 Å². The molecule has 6 heteroatoms. The van der Waals surface area contributed by atoms with Gasteiger partial charge in [0.2, 0.25) is 0 Å². The van der Waals surface area contributed by atoms with Crippen LogP contribution in [0.15, 0.2) is 18.2 Å². The maximum absolute atomic E-state index is 11.4. The summed E-state index contributed by atoms with van der Waals surface area (Å²) in [6, 6.07) is 4.72. The third kappa shape index (κ3) is 4.26. The van der Waals surface area contributed by atoms with Gasteiger partial charge in [0.15, 0.2) is 0 Å². The number of hydrogen-bond acceptors (Lipinski definition) is 2. The number of nitrogens with one attached hydrogen (secondary N) is 1. The standard InChI is InChI=1S/C9H10Cl2N2O.ClH/c10-6-1-2-7(8(11)5-6)9(14)13-4-3-12;/h1-2,5H,3-4,12H2,(H,13,14);1H. The lowest BCUT2D eigenvalue weighted by Gasteiger charge is -2.05. The number of carbonyl (C=O) groups excluding carboxylic acids is 1. The Morgan fingerprint density at radius 1 is 1.40 bits per heavy atom. The van der Waals surface area contributed by atoms with Crippen molar-refractivity contribution in [2.45, 2.75) is 0 Å². The summed E-state index contributed by atoms with van der Waals surface area (Å²) in [5.74, 6) is -0.239. The molecule has 0 atom stereocenters. The van der Waals surface area contributed by atoms with Gasteiger partial charge in [-0.3, -0.25) is 4.79 Å². The van der Waals surface area contributed by atoms with Crippen molar-refractivity contribution in [1.29, 1.82) is 0 Å². The fraction of sp³-hybridized carbons (Fsp3) is 0.222. The van der Waals surface area contributed by atoms with Crippen molar-refractivity contribution in [1.82, 2.24) is 5.32 Å².